The summed E-state index contributed by atoms with van der Waals surface area (Å²) in [7, 11) is 1.89. The van der Waals surface area contributed by atoms with Crippen LogP contribution in [0.4, 0.5) is 5.69 Å². The first-order valence-corrected chi connectivity index (χ1v) is 3.83. The molecular formula is C9H8N4. The second-order valence-electron chi connectivity index (χ2n) is 2.90. The lowest BCUT2D eigenvalue weighted by Crippen LogP contribution is -1.91. The normalized spacial score (nSPS) is 10.2. The fourth-order valence-corrected chi connectivity index (χ4v) is 1.29. The van der Waals surface area contributed by atoms with Gasteiger partial charge in [0.2, 0.25) is 0 Å². The Kier molecular flexibility index (Phi) is 1.46. The summed E-state index contributed by atoms with van der Waals surface area (Å²) in [6, 6.07) is 5.49. The van der Waals surface area contributed by atoms with E-state index < -0.39 is 0 Å². The van der Waals surface area contributed by atoms with Crippen molar-refractivity contribution in [2.75, 3.05) is 5.73 Å². The van der Waals surface area contributed by atoms with Crippen LogP contribution >= 0.6 is 0 Å². The Balaban J connectivity index is 2.85. The largest absolute Gasteiger partial charge is 0.398 e. The van der Waals surface area contributed by atoms with E-state index in [1.165, 1.54) is 0 Å². The lowest BCUT2D eigenvalue weighted by atomic mass is 10.2. The number of nitrogen functional groups attached to an aromatic ring is 1. The molecule has 2 aromatic rings. The zero-order valence-corrected chi connectivity index (χ0v) is 7.15. The van der Waals surface area contributed by atoms with Gasteiger partial charge in [-0.05, 0) is 12.1 Å². The lowest BCUT2D eigenvalue weighted by molar-refractivity contribution is 0.948. The molecule has 1 aromatic carbocycles. The summed E-state index contributed by atoms with van der Waals surface area (Å²) >= 11 is 0. The van der Waals surface area contributed by atoms with E-state index in [9.17, 15) is 0 Å². The van der Waals surface area contributed by atoms with Crippen molar-refractivity contribution in [1.29, 1.82) is 5.26 Å². The summed E-state index contributed by atoms with van der Waals surface area (Å²) in [5, 5.41) is 8.72. The van der Waals surface area contributed by atoms with Gasteiger partial charge in [-0.3, -0.25) is 0 Å². The van der Waals surface area contributed by atoms with E-state index in [1.807, 2.05) is 17.7 Å². The zero-order chi connectivity index (χ0) is 9.42. The van der Waals surface area contributed by atoms with Crippen LogP contribution in [0, 0.1) is 11.3 Å². The Morgan fingerprint density at radius 3 is 3.00 bits per heavy atom. The van der Waals surface area contributed by atoms with Crippen LogP contribution in [-0.4, -0.2) is 9.55 Å². The number of anilines is 1. The number of nitriles is 1. The Labute approximate surface area is 75.2 Å². The number of imidazole rings is 1. The van der Waals surface area contributed by atoms with Gasteiger partial charge in [0.15, 0.2) is 0 Å². The van der Waals surface area contributed by atoms with Crippen LogP contribution in [-0.2, 0) is 7.05 Å². The lowest BCUT2D eigenvalue weighted by Gasteiger charge is -1.98. The van der Waals surface area contributed by atoms with Crippen molar-refractivity contribution >= 4 is 16.7 Å². The van der Waals surface area contributed by atoms with Crippen molar-refractivity contribution in [3.63, 3.8) is 0 Å². The number of rotatable bonds is 0. The standard InChI is InChI=1S/C9H8N4/c1-13-5-12-8-2-6(4-10)7(11)3-9(8)13/h2-3,5H,11H2,1H3. The van der Waals surface area contributed by atoms with Crippen molar-refractivity contribution in [3.8, 4) is 6.07 Å². The summed E-state index contributed by atoms with van der Waals surface area (Å²) in [6.07, 6.45) is 1.70. The van der Waals surface area contributed by atoms with Gasteiger partial charge in [0.05, 0.1) is 28.6 Å². The maximum Gasteiger partial charge on any atom is 0.101 e. The summed E-state index contributed by atoms with van der Waals surface area (Å²) in [5.41, 5.74) is 8.38. The minimum absolute atomic E-state index is 0.478. The van der Waals surface area contributed by atoms with Crippen molar-refractivity contribution < 1.29 is 0 Å². The number of aromatic nitrogens is 2. The smallest absolute Gasteiger partial charge is 0.101 e. The molecule has 0 amide bonds. The third kappa shape index (κ3) is 1.02. The van der Waals surface area contributed by atoms with Crippen LogP contribution in [0.1, 0.15) is 5.56 Å². The van der Waals surface area contributed by atoms with Crippen molar-refractivity contribution in [2.24, 2.45) is 7.05 Å². The van der Waals surface area contributed by atoms with Gasteiger partial charge in [-0.15, -0.1) is 0 Å². The van der Waals surface area contributed by atoms with Crippen LogP contribution in [0.2, 0.25) is 0 Å². The average molecular weight is 172 g/mol. The van der Waals surface area contributed by atoms with Gasteiger partial charge >= 0.3 is 0 Å². The third-order valence-electron chi connectivity index (χ3n) is 2.02. The maximum atomic E-state index is 8.72. The first-order valence-electron chi connectivity index (χ1n) is 3.83. The van der Waals surface area contributed by atoms with Crippen molar-refractivity contribution in [1.82, 2.24) is 9.55 Å². The number of hydrogen-bond acceptors (Lipinski definition) is 3. The van der Waals surface area contributed by atoms with Gasteiger partial charge in [-0.25, -0.2) is 4.98 Å². The Morgan fingerprint density at radius 1 is 1.54 bits per heavy atom. The van der Waals surface area contributed by atoms with Crippen LogP contribution < -0.4 is 5.73 Å². The second-order valence-corrected chi connectivity index (χ2v) is 2.90. The van der Waals surface area contributed by atoms with E-state index in [-0.39, 0.29) is 0 Å². The van der Waals surface area contributed by atoms with E-state index in [1.54, 1.807) is 18.5 Å². The first kappa shape index (κ1) is 7.62. The molecule has 64 valence electrons. The summed E-state index contributed by atoms with van der Waals surface area (Å²) in [4.78, 5) is 4.12. The summed E-state index contributed by atoms with van der Waals surface area (Å²) in [5.74, 6) is 0. The highest BCUT2D eigenvalue weighted by molar-refractivity contribution is 5.82. The molecule has 4 nitrogen and oxygen atoms in total. The molecule has 1 aromatic heterocycles. The average Bonchev–Trinajstić information content (AvgIpc) is 2.47. The molecule has 1 heterocycles. The second kappa shape index (κ2) is 2.49. The molecule has 0 radical (unpaired) electrons. The predicted molar refractivity (Wildman–Crippen MR) is 49.8 cm³/mol. The number of hydrogen-bond donors (Lipinski definition) is 1. The molecule has 0 fully saturated rings. The van der Waals surface area contributed by atoms with Gasteiger partial charge in [0.25, 0.3) is 0 Å². The fraction of sp³-hybridized carbons (Fsp3) is 0.111. The zero-order valence-electron chi connectivity index (χ0n) is 7.15. The Hall–Kier alpha value is -2.02. The molecule has 0 atom stereocenters. The minimum atomic E-state index is 0.478. The van der Waals surface area contributed by atoms with E-state index in [2.05, 4.69) is 4.98 Å². The molecule has 0 aliphatic rings. The third-order valence-corrected chi connectivity index (χ3v) is 2.02. The van der Waals surface area contributed by atoms with E-state index in [0.29, 0.717) is 11.3 Å². The van der Waals surface area contributed by atoms with E-state index in [4.69, 9.17) is 11.0 Å². The Bertz CT molecular complexity index is 504. The highest BCUT2D eigenvalue weighted by Crippen LogP contribution is 2.19. The molecule has 0 unspecified atom stereocenters. The van der Waals surface area contributed by atoms with Gasteiger partial charge in [-0.2, -0.15) is 5.26 Å². The number of benzene rings is 1. The number of aryl methyl sites for hydroxylation is 1. The quantitative estimate of drug-likeness (QED) is 0.603. The molecule has 0 saturated carbocycles. The molecule has 2 N–H and O–H groups in total. The van der Waals surface area contributed by atoms with Crippen molar-refractivity contribution in [3.05, 3.63) is 24.0 Å². The first-order chi connectivity index (χ1) is 6.22. The summed E-state index contributed by atoms with van der Waals surface area (Å²) < 4.78 is 1.87. The predicted octanol–water partition coefficient (Wildman–Crippen LogP) is 1.03. The molecule has 2 rings (SSSR count). The van der Waals surface area contributed by atoms with Gasteiger partial charge in [0, 0.05) is 7.05 Å². The van der Waals surface area contributed by atoms with Crippen LogP contribution in [0.3, 0.4) is 0 Å². The van der Waals surface area contributed by atoms with Crippen LogP contribution in [0.5, 0.6) is 0 Å². The molecule has 0 aliphatic heterocycles. The maximum absolute atomic E-state index is 8.72. The Morgan fingerprint density at radius 2 is 2.31 bits per heavy atom. The van der Waals surface area contributed by atoms with Crippen LogP contribution in [0.25, 0.3) is 11.0 Å². The molecule has 4 heteroatoms. The van der Waals surface area contributed by atoms with E-state index >= 15 is 0 Å². The van der Waals surface area contributed by atoms with E-state index in [0.717, 1.165) is 11.0 Å². The fourth-order valence-electron chi connectivity index (χ4n) is 1.29. The highest BCUT2D eigenvalue weighted by atomic mass is 15.0. The molecule has 13 heavy (non-hydrogen) atoms. The van der Waals surface area contributed by atoms with Gasteiger partial charge in [-0.1, -0.05) is 0 Å². The highest BCUT2D eigenvalue weighted by Gasteiger charge is 2.04. The number of nitrogens with zero attached hydrogens (tertiary/aromatic N) is 3. The molecular weight excluding hydrogens is 164 g/mol. The van der Waals surface area contributed by atoms with Crippen LogP contribution in [0.15, 0.2) is 18.5 Å². The SMILES string of the molecule is Cn1cnc2cc(C#N)c(N)cc21. The van der Waals surface area contributed by atoms with Gasteiger partial charge < -0.3 is 10.3 Å². The molecule has 0 aliphatic carbocycles. The molecule has 0 bridgehead atoms. The molecule has 0 saturated heterocycles. The molecule has 0 spiro atoms. The number of fused-ring (bicyclic) bond motifs is 1. The topological polar surface area (TPSA) is 67.6 Å². The summed E-state index contributed by atoms with van der Waals surface area (Å²) in [6.45, 7) is 0. The minimum Gasteiger partial charge on any atom is -0.398 e. The van der Waals surface area contributed by atoms with Crippen molar-refractivity contribution in [2.45, 2.75) is 0 Å². The monoisotopic (exact) mass is 172 g/mol. The van der Waals surface area contributed by atoms with Gasteiger partial charge in [0.1, 0.15) is 6.07 Å². The number of nitrogens with two attached hydrogens (primary N) is 1.